The summed E-state index contributed by atoms with van der Waals surface area (Å²) in [5, 5.41) is 13.3. The maximum absolute atomic E-state index is 12.1. The molecule has 0 aliphatic rings. The normalized spacial score (nSPS) is 13.6. The minimum absolute atomic E-state index is 0.0282. The summed E-state index contributed by atoms with van der Waals surface area (Å²) in [6.45, 7) is 1.93. The van der Waals surface area contributed by atoms with E-state index in [-0.39, 0.29) is 6.04 Å². The van der Waals surface area contributed by atoms with Crippen LogP contribution in [0.5, 0.6) is 0 Å². The molecule has 0 bridgehead atoms. The lowest BCUT2D eigenvalue weighted by molar-refractivity contribution is -0.130. The number of rotatable bonds is 6. The minimum Gasteiger partial charge on any atom is -0.378 e. The third-order valence-electron chi connectivity index (χ3n) is 3.72. The van der Waals surface area contributed by atoms with Crippen LogP contribution in [0.15, 0.2) is 42.6 Å². The van der Waals surface area contributed by atoms with Gasteiger partial charge < -0.3 is 15.0 Å². The Morgan fingerprint density at radius 1 is 1.32 bits per heavy atom. The lowest BCUT2D eigenvalue weighted by Gasteiger charge is -2.18. The topological polar surface area (TPSA) is 54.3 Å². The average molecular weight is 321 g/mol. The van der Waals surface area contributed by atoms with E-state index in [2.05, 4.69) is 16.0 Å². The zero-order valence-electron chi connectivity index (χ0n) is 12.8. The molecule has 0 saturated heterocycles. The van der Waals surface area contributed by atoms with Gasteiger partial charge in [-0.2, -0.15) is 0 Å². The van der Waals surface area contributed by atoms with Crippen LogP contribution in [0.4, 0.5) is 0 Å². The summed E-state index contributed by atoms with van der Waals surface area (Å²) in [7, 11) is 2.00. The van der Waals surface area contributed by atoms with Crippen molar-refractivity contribution in [3.8, 4) is 0 Å². The number of aliphatic hydroxyl groups excluding tert-OH is 1. The van der Waals surface area contributed by atoms with E-state index in [1.165, 1.54) is 5.69 Å². The summed E-state index contributed by atoms with van der Waals surface area (Å²) in [5.74, 6) is -0.424. The third kappa shape index (κ3) is 4.12. The van der Waals surface area contributed by atoms with Crippen LogP contribution in [0, 0.1) is 0 Å². The van der Waals surface area contributed by atoms with E-state index < -0.39 is 12.0 Å². The van der Waals surface area contributed by atoms with Crippen LogP contribution in [0.2, 0.25) is 5.02 Å². The van der Waals surface area contributed by atoms with Crippen LogP contribution in [0.1, 0.15) is 30.7 Å². The zero-order chi connectivity index (χ0) is 16.1. The number of aryl methyl sites for hydroxylation is 2. The lowest BCUT2D eigenvalue weighted by Crippen LogP contribution is -2.36. The van der Waals surface area contributed by atoms with E-state index in [4.69, 9.17) is 11.6 Å². The first-order chi connectivity index (χ1) is 10.5. The van der Waals surface area contributed by atoms with Crippen molar-refractivity contribution >= 4 is 17.5 Å². The fourth-order valence-corrected chi connectivity index (χ4v) is 2.59. The summed E-state index contributed by atoms with van der Waals surface area (Å²) in [5.41, 5.74) is 1.64. The Morgan fingerprint density at radius 2 is 2.05 bits per heavy atom. The van der Waals surface area contributed by atoms with Crippen molar-refractivity contribution in [3.05, 3.63) is 58.9 Å². The molecule has 22 heavy (non-hydrogen) atoms. The van der Waals surface area contributed by atoms with E-state index in [1.807, 2.05) is 26.2 Å². The second-order valence-electron chi connectivity index (χ2n) is 5.48. The second kappa shape index (κ2) is 7.47. The van der Waals surface area contributed by atoms with E-state index in [1.54, 1.807) is 24.3 Å². The molecule has 0 radical (unpaired) electrons. The zero-order valence-corrected chi connectivity index (χ0v) is 13.5. The number of carbonyl (C=O) groups excluding carboxylic acids is 1. The fourth-order valence-electron chi connectivity index (χ4n) is 2.35. The summed E-state index contributed by atoms with van der Waals surface area (Å²) >= 11 is 6.00. The molecule has 1 aromatic heterocycles. The number of benzene rings is 1. The Kier molecular flexibility index (Phi) is 5.63. The van der Waals surface area contributed by atoms with Crippen LogP contribution in [-0.4, -0.2) is 21.6 Å². The Hall–Kier alpha value is -1.78. The van der Waals surface area contributed by atoms with Crippen LogP contribution in [0.3, 0.4) is 0 Å². The van der Waals surface area contributed by atoms with Gasteiger partial charge in [0.25, 0.3) is 5.91 Å². The number of amides is 1. The number of aromatic nitrogens is 1. The Morgan fingerprint density at radius 3 is 2.68 bits per heavy atom. The molecule has 2 atom stereocenters. The van der Waals surface area contributed by atoms with Crippen LogP contribution >= 0.6 is 11.6 Å². The van der Waals surface area contributed by atoms with Gasteiger partial charge in [0.15, 0.2) is 6.10 Å². The van der Waals surface area contributed by atoms with Crippen molar-refractivity contribution in [2.45, 2.75) is 31.9 Å². The highest BCUT2D eigenvalue weighted by Gasteiger charge is 2.21. The number of halogens is 1. The molecule has 0 saturated carbocycles. The molecule has 118 valence electrons. The highest BCUT2D eigenvalue weighted by molar-refractivity contribution is 6.31. The van der Waals surface area contributed by atoms with E-state index in [0.717, 1.165) is 12.8 Å². The highest BCUT2D eigenvalue weighted by Crippen LogP contribution is 2.22. The summed E-state index contributed by atoms with van der Waals surface area (Å²) in [6, 6.07) is 10.9. The van der Waals surface area contributed by atoms with E-state index in [9.17, 15) is 9.90 Å². The molecule has 1 heterocycles. The average Bonchev–Trinajstić information content (AvgIpc) is 2.90. The van der Waals surface area contributed by atoms with Gasteiger partial charge in [-0.25, -0.2) is 0 Å². The highest BCUT2D eigenvalue weighted by atomic mass is 35.5. The van der Waals surface area contributed by atoms with Gasteiger partial charge in [0.05, 0.1) is 0 Å². The number of nitrogens with zero attached hydrogens (tertiary/aromatic N) is 1. The van der Waals surface area contributed by atoms with Gasteiger partial charge in [-0.3, -0.25) is 4.79 Å². The summed E-state index contributed by atoms with van der Waals surface area (Å²) in [6.07, 6.45) is 2.43. The van der Waals surface area contributed by atoms with Crippen molar-refractivity contribution in [3.63, 3.8) is 0 Å². The molecule has 4 nitrogen and oxygen atoms in total. The summed E-state index contributed by atoms with van der Waals surface area (Å²) < 4.78 is 2.06. The van der Waals surface area contributed by atoms with Crippen LogP contribution < -0.4 is 5.32 Å². The number of aliphatic hydroxyl groups is 1. The van der Waals surface area contributed by atoms with Crippen molar-refractivity contribution in [1.82, 2.24) is 9.88 Å². The number of carbonyl (C=O) groups is 1. The molecule has 5 heteroatoms. The molecule has 0 aliphatic heterocycles. The van der Waals surface area contributed by atoms with Gasteiger partial charge in [-0.05, 0) is 38.0 Å². The molecule has 0 aliphatic carbocycles. The number of hydrogen-bond acceptors (Lipinski definition) is 2. The van der Waals surface area contributed by atoms with Gasteiger partial charge in [-0.1, -0.05) is 29.8 Å². The second-order valence-corrected chi connectivity index (χ2v) is 5.89. The van der Waals surface area contributed by atoms with Crippen LogP contribution in [-0.2, 0) is 18.3 Å². The molecule has 2 rings (SSSR count). The molecule has 2 aromatic rings. The van der Waals surface area contributed by atoms with Crippen LogP contribution in [0.25, 0.3) is 0 Å². The molecule has 2 N–H and O–H groups in total. The van der Waals surface area contributed by atoms with Gasteiger partial charge >= 0.3 is 0 Å². The monoisotopic (exact) mass is 320 g/mol. The third-order valence-corrected chi connectivity index (χ3v) is 4.07. The molecule has 0 fully saturated rings. The minimum atomic E-state index is -1.24. The standard InChI is InChI=1S/C17H21ClN2O2/c1-12(9-10-13-6-5-11-20(13)2)19-17(22)16(21)14-7-3-4-8-15(14)18/h3-8,11-12,16,21H,9-10H2,1-2H3,(H,19,22)/t12-,16-/m1/s1. The predicted octanol–water partition coefficient (Wildman–Crippen LogP) is 2.85. The number of hydrogen-bond donors (Lipinski definition) is 2. The van der Waals surface area contributed by atoms with E-state index in [0.29, 0.717) is 10.6 Å². The molecule has 0 unspecified atom stereocenters. The first-order valence-corrected chi connectivity index (χ1v) is 7.70. The Labute approximate surface area is 135 Å². The first kappa shape index (κ1) is 16.6. The Balaban J connectivity index is 1.88. The maximum atomic E-state index is 12.1. The van der Waals surface area contributed by atoms with Crippen molar-refractivity contribution < 1.29 is 9.90 Å². The Bertz CT molecular complexity index is 639. The molecule has 1 amide bonds. The molecule has 0 spiro atoms. The van der Waals surface area contributed by atoms with Crippen molar-refractivity contribution in [2.24, 2.45) is 7.05 Å². The molecular weight excluding hydrogens is 300 g/mol. The summed E-state index contributed by atoms with van der Waals surface area (Å²) in [4.78, 5) is 12.1. The SMILES string of the molecule is C[C@H](CCc1cccn1C)NC(=O)[C@H](O)c1ccccc1Cl. The quantitative estimate of drug-likeness (QED) is 0.860. The number of nitrogens with one attached hydrogen (secondary N) is 1. The lowest BCUT2D eigenvalue weighted by atomic mass is 10.1. The van der Waals surface area contributed by atoms with Crippen molar-refractivity contribution in [2.75, 3.05) is 0 Å². The van der Waals surface area contributed by atoms with Gasteiger partial charge in [0.1, 0.15) is 0 Å². The smallest absolute Gasteiger partial charge is 0.253 e. The fraction of sp³-hybridized carbons (Fsp3) is 0.353. The van der Waals surface area contributed by atoms with Gasteiger partial charge in [0, 0.05) is 35.6 Å². The predicted molar refractivity (Wildman–Crippen MR) is 87.8 cm³/mol. The molecular formula is C17H21ClN2O2. The van der Waals surface area contributed by atoms with Gasteiger partial charge in [-0.15, -0.1) is 0 Å². The van der Waals surface area contributed by atoms with E-state index >= 15 is 0 Å². The molecule has 1 aromatic carbocycles. The maximum Gasteiger partial charge on any atom is 0.253 e. The van der Waals surface area contributed by atoms with Crippen molar-refractivity contribution in [1.29, 1.82) is 0 Å². The van der Waals surface area contributed by atoms with Gasteiger partial charge in [0.2, 0.25) is 0 Å². The largest absolute Gasteiger partial charge is 0.378 e. The first-order valence-electron chi connectivity index (χ1n) is 7.32.